The highest BCUT2D eigenvalue weighted by Crippen LogP contribution is 2.34. The Morgan fingerprint density at radius 3 is 2.71 bits per heavy atom. The van der Waals surface area contributed by atoms with Crippen LogP contribution in [0.25, 0.3) is 10.9 Å². The van der Waals surface area contributed by atoms with E-state index in [-0.39, 0.29) is 5.82 Å². The molecule has 0 aliphatic rings. The average Bonchev–Trinajstić information content (AvgIpc) is 2.34. The van der Waals surface area contributed by atoms with Crippen molar-refractivity contribution in [3.63, 3.8) is 0 Å². The van der Waals surface area contributed by atoms with Crippen molar-refractivity contribution in [2.45, 2.75) is 20.3 Å². The van der Waals surface area contributed by atoms with E-state index in [1.165, 1.54) is 6.07 Å². The first kappa shape index (κ1) is 12.3. The Hall–Kier alpha value is -1.16. The molecule has 2 rings (SSSR count). The first-order valence-electron chi connectivity index (χ1n) is 5.54. The molecule has 2 nitrogen and oxygen atoms in total. The van der Waals surface area contributed by atoms with Crippen LogP contribution in [0, 0.1) is 12.7 Å². The van der Waals surface area contributed by atoms with Crippen molar-refractivity contribution < 1.29 is 4.39 Å². The largest absolute Gasteiger partial charge is 0.387 e. The van der Waals surface area contributed by atoms with Crippen molar-refractivity contribution in [3.05, 3.63) is 33.7 Å². The highest BCUT2D eigenvalue weighted by Gasteiger charge is 2.13. The maximum absolute atomic E-state index is 13.7. The standard InChI is InChI=1S/C13H14BrFN2/c1-4-8-6-10(16-3)11-12(14)9(15)5-7(2)13(11)17-8/h5-6H,4H2,1-3H3,(H,16,17). The van der Waals surface area contributed by atoms with Gasteiger partial charge in [-0.05, 0) is 47.0 Å². The molecule has 0 saturated carbocycles. The molecular weight excluding hydrogens is 283 g/mol. The SMILES string of the molecule is CCc1cc(NC)c2c(Br)c(F)cc(C)c2n1. The topological polar surface area (TPSA) is 24.9 Å². The second-order valence-electron chi connectivity index (χ2n) is 3.98. The molecule has 0 saturated heterocycles. The fraction of sp³-hybridized carbons (Fsp3) is 0.308. The summed E-state index contributed by atoms with van der Waals surface area (Å²) in [5.74, 6) is -0.252. The minimum atomic E-state index is -0.252. The van der Waals surface area contributed by atoms with Crippen LogP contribution >= 0.6 is 15.9 Å². The number of anilines is 1. The average molecular weight is 297 g/mol. The molecule has 0 radical (unpaired) electrons. The summed E-state index contributed by atoms with van der Waals surface area (Å²) in [6.07, 6.45) is 0.860. The molecule has 0 bridgehead atoms. The van der Waals surface area contributed by atoms with E-state index in [4.69, 9.17) is 0 Å². The molecule has 17 heavy (non-hydrogen) atoms. The van der Waals surface area contributed by atoms with Crippen LogP contribution in [0.3, 0.4) is 0 Å². The van der Waals surface area contributed by atoms with Crippen LogP contribution < -0.4 is 5.32 Å². The van der Waals surface area contributed by atoms with Gasteiger partial charge in [-0.3, -0.25) is 4.98 Å². The number of fused-ring (bicyclic) bond motifs is 1. The van der Waals surface area contributed by atoms with Crippen LogP contribution in [0.5, 0.6) is 0 Å². The summed E-state index contributed by atoms with van der Waals surface area (Å²) in [7, 11) is 1.83. The number of halogens is 2. The fourth-order valence-electron chi connectivity index (χ4n) is 1.93. The number of hydrogen-bond acceptors (Lipinski definition) is 2. The van der Waals surface area contributed by atoms with Gasteiger partial charge in [0.25, 0.3) is 0 Å². The Morgan fingerprint density at radius 2 is 2.12 bits per heavy atom. The van der Waals surface area contributed by atoms with Crippen LogP contribution in [0.1, 0.15) is 18.2 Å². The minimum Gasteiger partial charge on any atom is -0.387 e. The number of aryl methyl sites for hydroxylation is 2. The fourth-order valence-corrected chi connectivity index (χ4v) is 2.44. The second kappa shape index (κ2) is 4.61. The van der Waals surface area contributed by atoms with E-state index in [2.05, 4.69) is 33.2 Å². The molecule has 2 aromatic rings. The summed E-state index contributed by atoms with van der Waals surface area (Å²) in [4.78, 5) is 4.57. The molecule has 0 aliphatic heterocycles. The Morgan fingerprint density at radius 1 is 1.41 bits per heavy atom. The third kappa shape index (κ3) is 2.02. The third-order valence-electron chi connectivity index (χ3n) is 2.85. The summed E-state index contributed by atoms with van der Waals surface area (Å²) in [5, 5.41) is 3.91. The molecule has 1 N–H and O–H groups in total. The zero-order chi connectivity index (χ0) is 12.6. The van der Waals surface area contributed by atoms with Crippen molar-refractivity contribution in [2.24, 2.45) is 0 Å². The van der Waals surface area contributed by atoms with E-state index < -0.39 is 0 Å². The minimum absolute atomic E-state index is 0.252. The molecule has 90 valence electrons. The van der Waals surface area contributed by atoms with Crippen molar-refractivity contribution in [1.82, 2.24) is 4.98 Å². The van der Waals surface area contributed by atoms with E-state index in [9.17, 15) is 4.39 Å². The lowest BCUT2D eigenvalue weighted by Crippen LogP contribution is -1.99. The van der Waals surface area contributed by atoms with Gasteiger partial charge in [0.1, 0.15) is 5.82 Å². The molecule has 0 unspecified atom stereocenters. The summed E-state index contributed by atoms with van der Waals surface area (Å²) < 4.78 is 14.2. The van der Waals surface area contributed by atoms with Gasteiger partial charge in [0.2, 0.25) is 0 Å². The van der Waals surface area contributed by atoms with Gasteiger partial charge in [0.05, 0.1) is 9.99 Å². The van der Waals surface area contributed by atoms with Crippen molar-refractivity contribution in [2.75, 3.05) is 12.4 Å². The van der Waals surface area contributed by atoms with Crippen LogP contribution in [0.4, 0.5) is 10.1 Å². The molecule has 0 amide bonds. The molecule has 0 aliphatic carbocycles. The normalized spacial score (nSPS) is 10.9. The van der Waals surface area contributed by atoms with Crippen LogP contribution in [0.2, 0.25) is 0 Å². The monoisotopic (exact) mass is 296 g/mol. The summed E-state index contributed by atoms with van der Waals surface area (Å²) >= 11 is 3.30. The third-order valence-corrected chi connectivity index (χ3v) is 3.63. The lowest BCUT2D eigenvalue weighted by atomic mass is 10.1. The Kier molecular flexibility index (Phi) is 3.33. The number of benzene rings is 1. The zero-order valence-corrected chi connectivity index (χ0v) is 11.7. The van der Waals surface area contributed by atoms with E-state index >= 15 is 0 Å². The molecule has 1 aromatic heterocycles. The van der Waals surface area contributed by atoms with Gasteiger partial charge >= 0.3 is 0 Å². The molecule has 0 atom stereocenters. The number of aromatic nitrogens is 1. The Balaban J connectivity index is 2.93. The van der Waals surface area contributed by atoms with E-state index in [1.807, 2.05) is 20.0 Å². The van der Waals surface area contributed by atoms with Crippen molar-refractivity contribution >= 4 is 32.5 Å². The van der Waals surface area contributed by atoms with Gasteiger partial charge in [-0.1, -0.05) is 6.92 Å². The quantitative estimate of drug-likeness (QED) is 0.904. The maximum Gasteiger partial charge on any atom is 0.138 e. The first-order valence-corrected chi connectivity index (χ1v) is 6.33. The van der Waals surface area contributed by atoms with Crippen molar-refractivity contribution in [3.8, 4) is 0 Å². The lowest BCUT2D eigenvalue weighted by molar-refractivity contribution is 0.622. The highest BCUT2D eigenvalue weighted by atomic mass is 79.9. The molecule has 1 heterocycles. The van der Waals surface area contributed by atoms with Gasteiger partial charge in [-0.2, -0.15) is 0 Å². The summed E-state index contributed by atoms with van der Waals surface area (Å²) in [6, 6.07) is 3.48. The Labute approximate surface area is 108 Å². The predicted molar refractivity (Wildman–Crippen MR) is 73.1 cm³/mol. The number of rotatable bonds is 2. The predicted octanol–water partition coefficient (Wildman–Crippen LogP) is 4.05. The smallest absolute Gasteiger partial charge is 0.138 e. The van der Waals surface area contributed by atoms with Gasteiger partial charge in [0, 0.05) is 23.8 Å². The van der Waals surface area contributed by atoms with Crippen molar-refractivity contribution in [1.29, 1.82) is 0 Å². The lowest BCUT2D eigenvalue weighted by Gasteiger charge is -2.12. The number of hydrogen-bond donors (Lipinski definition) is 1. The van der Waals surface area contributed by atoms with Crippen LogP contribution in [-0.2, 0) is 6.42 Å². The highest BCUT2D eigenvalue weighted by molar-refractivity contribution is 9.10. The maximum atomic E-state index is 13.7. The Bertz CT molecular complexity index is 581. The second-order valence-corrected chi connectivity index (χ2v) is 4.77. The van der Waals surface area contributed by atoms with Gasteiger partial charge in [0.15, 0.2) is 0 Å². The summed E-state index contributed by atoms with van der Waals surface area (Å²) in [5.41, 5.74) is 3.61. The molecule has 0 spiro atoms. The van der Waals surface area contributed by atoms with E-state index in [1.54, 1.807) is 0 Å². The zero-order valence-electron chi connectivity index (χ0n) is 10.1. The number of nitrogens with one attached hydrogen (secondary N) is 1. The van der Waals surface area contributed by atoms with Gasteiger partial charge in [-0.25, -0.2) is 4.39 Å². The summed E-state index contributed by atoms with van der Waals surface area (Å²) in [6.45, 7) is 3.94. The van der Waals surface area contributed by atoms with Gasteiger partial charge in [-0.15, -0.1) is 0 Å². The molecule has 0 fully saturated rings. The molecule has 4 heteroatoms. The van der Waals surface area contributed by atoms with Crippen LogP contribution in [-0.4, -0.2) is 12.0 Å². The first-order chi connectivity index (χ1) is 8.08. The van der Waals surface area contributed by atoms with E-state index in [0.29, 0.717) is 4.47 Å². The van der Waals surface area contributed by atoms with E-state index in [0.717, 1.165) is 34.3 Å². The van der Waals surface area contributed by atoms with Crippen LogP contribution in [0.15, 0.2) is 16.6 Å². The number of nitrogens with zero attached hydrogens (tertiary/aromatic N) is 1. The number of pyridine rings is 1. The van der Waals surface area contributed by atoms with Gasteiger partial charge < -0.3 is 5.32 Å². The molecule has 1 aromatic carbocycles. The molecular formula is C13H14BrFN2.